The van der Waals surface area contributed by atoms with Crippen molar-refractivity contribution >= 4 is 39.7 Å². The minimum absolute atomic E-state index is 0.177. The molecule has 2 heteroatoms. The van der Waals surface area contributed by atoms with Crippen molar-refractivity contribution in [3.05, 3.63) is 258 Å². The van der Waals surface area contributed by atoms with E-state index in [1.165, 1.54) is 50.1 Å². The van der Waals surface area contributed by atoms with E-state index in [0.717, 1.165) is 47.0 Å². The molecule has 2 nitrogen and oxygen atoms in total. The van der Waals surface area contributed by atoms with Crippen LogP contribution in [0.15, 0.2) is 224 Å². The Morgan fingerprint density at radius 1 is 0.407 bits per heavy atom. The molecule has 59 heavy (non-hydrogen) atoms. The predicted molar refractivity (Wildman–Crippen MR) is 247 cm³/mol. The van der Waals surface area contributed by atoms with Crippen molar-refractivity contribution in [3.8, 4) is 11.1 Å². The number of para-hydroxylation sites is 4. The first-order valence-corrected chi connectivity index (χ1v) is 20.8. The molecule has 11 rings (SSSR count). The highest BCUT2D eigenvalue weighted by atomic mass is 15.1. The molecule has 1 atom stereocenters. The van der Waals surface area contributed by atoms with Crippen LogP contribution in [-0.4, -0.2) is 0 Å². The summed E-state index contributed by atoms with van der Waals surface area (Å²) in [6.07, 6.45) is 9.30. The van der Waals surface area contributed by atoms with Crippen LogP contribution in [0.1, 0.15) is 46.2 Å². The fourth-order valence-electron chi connectivity index (χ4n) is 10.3. The summed E-state index contributed by atoms with van der Waals surface area (Å²) in [5.74, 6) is 0. The maximum absolute atomic E-state index is 2.55. The van der Waals surface area contributed by atoms with E-state index in [1.54, 1.807) is 0 Å². The van der Waals surface area contributed by atoms with E-state index in [0.29, 0.717) is 0 Å². The number of aryl methyl sites for hydroxylation is 1. The zero-order valence-corrected chi connectivity index (χ0v) is 33.2. The topological polar surface area (TPSA) is 6.48 Å². The molecule has 0 saturated carbocycles. The van der Waals surface area contributed by atoms with Gasteiger partial charge in [0.15, 0.2) is 0 Å². The van der Waals surface area contributed by atoms with Gasteiger partial charge in [0.05, 0.1) is 0 Å². The summed E-state index contributed by atoms with van der Waals surface area (Å²) < 4.78 is 0. The van der Waals surface area contributed by atoms with Crippen LogP contribution in [0, 0.1) is 6.92 Å². The summed E-state index contributed by atoms with van der Waals surface area (Å²) in [5, 5.41) is 0. The van der Waals surface area contributed by atoms with Crippen LogP contribution in [0.5, 0.6) is 0 Å². The van der Waals surface area contributed by atoms with Crippen molar-refractivity contribution in [3.63, 3.8) is 0 Å². The number of hydrogen-bond donors (Lipinski definition) is 0. The smallest absolute Gasteiger partial charge is 0.0479 e. The number of hydrogen-bond acceptors (Lipinski definition) is 2. The van der Waals surface area contributed by atoms with Crippen LogP contribution in [0.25, 0.3) is 16.7 Å². The molecule has 0 amide bonds. The van der Waals surface area contributed by atoms with E-state index in [4.69, 9.17) is 0 Å². The molecule has 0 N–H and O–H groups in total. The second-order valence-electron chi connectivity index (χ2n) is 16.3. The molecule has 0 aliphatic heterocycles. The second kappa shape index (κ2) is 14.0. The number of benzene rings is 8. The highest BCUT2D eigenvalue weighted by molar-refractivity contribution is 5.91. The Morgan fingerprint density at radius 3 is 1.31 bits per heavy atom. The quantitative estimate of drug-likeness (QED) is 0.160. The zero-order chi connectivity index (χ0) is 39.4. The second-order valence-corrected chi connectivity index (χ2v) is 16.3. The summed E-state index contributed by atoms with van der Waals surface area (Å²) >= 11 is 0. The van der Waals surface area contributed by atoms with Gasteiger partial charge in [-0.3, -0.25) is 0 Å². The average molecular weight is 757 g/mol. The molecule has 0 saturated heterocycles. The third-order valence-corrected chi connectivity index (χ3v) is 12.9. The van der Waals surface area contributed by atoms with Crippen LogP contribution in [0.3, 0.4) is 0 Å². The molecular weight excluding hydrogens is 713 g/mol. The minimum atomic E-state index is -0.404. The number of nitrogens with zero attached hydrogens (tertiary/aromatic N) is 2. The van der Waals surface area contributed by atoms with Gasteiger partial charge in [-0.1, -0.05) is 157 Å². The highest BCUT2D eigenvalue weighted by Crippen LogP contribution is 2.66. The number of anilines is 6. The molecule has 3 aliphatic rings. The summed E-state index contributed by atoms with van der Waals surface area (Å²) in [4.78, 5) is 4.82. The lowest BCUT2D eigenvalue weighted by Gasteiger charge is -2.35. The van der Waals surface area contributed by atoms with Gasteiger partial charge in [-0.15, -0.1) is 0 Å². The fraction of sp³-hybridized carbons (Fsp3) is 0.0877. The predicted octanol–water partition coefficient (Wildman–Crippen LogP) is 14.9. The van der Waals surface area contributed by atoms with Crippen molar-refractivity contribution in [1.29, 1.82) is 0 Å². The Kier molecular flexibility index (Phi) is 8.34. The Morgan fingerprint density at radius 2 is 0.864 bits per heavy atom. The molecule has 0 fully saturated rings. The molecule has 2 spiro atoms. The van der Waals surface area contributed by atoms with Gasteiger partial charge >= 0.3 is 0 Å². The van der Waals surface area contributed by atoms with Crippen molar-refractivity contribution in [2.45, 2.75) is 30.6 Å². The summed E-state index contributed by atoms with van der Waals surface area (Å²) in [6, 6.07) is 75.8. The summed E-state index contributed by atoms with van der Waals surface area (Å²) in [5.41, 5.74) is 18.4. The SMILES string of the molecule is Cc1ccc2c(c1)C1(CC23C=CC(c2ccccc2)=CC3)c2cc(N(c3ccccc3)c3ccccc3)ccc2-c2ccc(N(c3ccccc3)c3ccccc3)cc21. The van der Waals surface area contributed by atoms with Crippen molar-refractivity contribution in [1.82, 2.24) is 0 Å². The molecule has 1 unspecified atom stereocenters. The van der Waals surface area contributed by atoms with E-state index in [2.05, 4.69) is 241 Å². The van der Waals surface area contributed by atoms with Gasteiger partial charge < -0.3 is 9.80 Å². The molecule has 8 aromatic rings. The maximum Gasteiger partial charge on any atom is 0.0479 e. The molecular formula is C57H44N2. The van der Waals surface area contributed by atoms with Crippen molar-refractivity contribution < 1.29 is 0 Å². The lowest BCUT2D eigenvalue weighted by molar-refractivity contribution is 0.460. The lowest BCUT2D eigenvalue weighted by atomic mass is 9.68. The van der Waals surface area contributed by atoms with Gasteiger partial charge in [0, 0.05) is 45.0 Å². The number of rotatable bonds is 7. The standard InChI is InChI=1S/C57H44N2/c1-41-27-32-52-55(37-41)57(40-56(52)35-33-43(34-36-56)42-17-7-2-8-18-42)53-38-48(58(44-19-9-3-10-20-44)45-21-11-4-12-22-45)28-30-50(53)51-31-29-49(39-54(51)57)59(46-23-13-5-14-24-46)47-25-15-6-16-26-47/h2-35,37-39H,36,40H2,1H3. The first kappa shape index (κ1) is 35.0. The molecule has 0 radical (unpaired) electrons. The van der Waals surface area contributed by atoms with Gasteiger partial charge in [0.1, 0.15) is 0 Å². The van der Waals surface area contributed by atoms with Crippen molar-refractivity contribution in [2.24, 2.45) is 0 Å². The Hall–Kier alpha value is -7.16. The summed E-state index contributed by atoms with van der Waals surface area (Å²) in [7, 11) is 0. The van der Waals surface area contributed by atoms with Crippen LogP contribution in [0.2, 0.25) is 0 Å². The van der Waals surface area contributed by atoms with Gasteiger partial charge in [-0.05, 0) is 137 Å². The van der Waals surface area contributed by atoms with Crippen molar-refractivity contribution in [2.75, 3.05) is 9.80 Å². The van der Waals surface area contributed by atoms with Crippen LogP contribution in [-0.2, 0) is 10.8 Å². The maximum atomic E-state index is 2.55. The van der Waals surface area contributed by atoms with E-state index in [1.807, 2.05) is 0 Å². The van der Waals surface area contributed by atoms with Gasteiger partial charge in [0.25, 0.3) is 0 Å². The van der Waals surface area contributed by atoms with Gasteiger partial charge in [0.2, 0.25) is 0 Å². The van der Waals surface area contributed by atoms with E-state index in [-0.39, 0.29) is 5.41 Å². The van der Waals surface area contributed by atoms with E-state index >= 15 is 0 Å². The first-order chi connectivity index (χ1) is 29.1. The third-order valence-electron chi connectivity index (χ3n) is 12.9. The van der Waals surface area contributed by atoms with Crippen LogP contribution in [0.4, 0.5) is 34.1 Å². The molecule has 0 aromatic heterocycles. The minimum Gasteiger partial charge on any atom is -0.310 e. The zero-order valence-electron chi connectivity index (χ0n) is 33.2. The third kappa shape index (κ3) is 5.70. The largest absolute Gasteiger partial charge is 0.310 e. The highest BCUT2D eigenvalue weighted by Gasteiger charge is 2.57. The average Bonchev–Trinajstić information content (AvgIpc) is 3.73. The molecule has 282 valence electrons. The lowest BCUT2D eigenvalue weighted by Crippen LogP contribution is -2.29. The van der Waals surface area contributed by atoms with Gasteiger partial charge in [-0.2, -0.15) is 0 Å². The molecule has 3 aliphatic carbocycles. The normalized spacial score (nSPS) is 16.7. The Balaban J connectivity index is 1.16. The fourth-order valence-corrected chi connectivity index (χ4v) is 10.3. The summed E-state index contributed by atoms with van der Waals surface area (Å²) in [6.45, 7) is 2.26. The monoisotopic (exact) mass is 756 g/mol. The Labute approximate surface area is 347 Å². The van der Waals surface area contributed by atoms with E-state index < -0.39 is 5.41 Å². The molecule has 0 bridgehead atoms. The number of allylic oxidation sites excluding steroid dienone is 4. The van der Waals surface area contributed by atoms with Gasteiger partial charge in [-0.25, -0.2) is 0 Å². The first-order valence-electron chi connectivity index (χ1n) is 20.8. The van der Waals surface area contributed by atoms with Crippen LogP contribution >= 0.6 is 0 Å². The molecule has 0 heterocycles. The van der Waals surface area contributed by atoms with Crippen LogP contribution < -0.4 is 9.80 Å². The van der Waals surface area contributed by atoms with E-state index in [9.17, 15) is 0 Å². The molecule has 8 aromatic carbocycles. The number of fused-ring (bicyclic) bond motifs is 8. The Bertz CT molecular complexity index is 2670.